The number of furan rings is 1. The van der Waals surface area contributed by atoms with Gasteiger partial charge in [0.1, 0.15) is 0 Å². The number of nitrogens with two attached hydrogens (primary N) is 1. The molecule has 3 aromatic rings. The molecule has 0 aliphatic rings. The van der Waals surface area contributed by atoms with Crippen LogP contribution in [0.1, 0.15) is 52.3 Å². The Hall–Kier alpha value is -2.81. The van der Waals surface area contributed by atoms with Gasteiger partial charge >= 0.3 is 0 Å². The van der Waals surface area contributed by atoms with Crippen molar-refractivity contribution in [2.45, 2.75) is 53.0 Å². The van der Waals surface area contributed by atoms with Crippen LogP contribution in [0.4, 0.5) is 5.82 Å². The highest BCUT2D eigenvalue weighted by Crippen LogP contribution is 2.28. The molecule has 0 saturated heterocycles. The highest BCUT2D eigenvalue weighted by molar-refractivity contribution is 5.85. The molecule has 0 bridgehead atoms. The van der Waals surface area contributed by atoms with Crippen LogP contribution in [0.15, 0.2) is 22.8 Å². The Morgan fingerprint density at radius 2 is 2.12 bits per heavy atom. The van der Waals surface area contributed by atoms with Crippen molar-refractivity contribution in [2.24, 2.45) is 5.92 Å². The van der Waals surface area contributed by atoms with Gasteiger partial charge in [-0.1, -0.05) is 39.5 Å². The summed E-state index contributed by atoms with van der Waals surface area (Å²) in [5.74, 6) is 8.84. The topological polar surface area (TPSA) is 82.8 Å². The Bertz CT molecular complexity index is 931. The number of nitrogens with zero attached hydrogens (tertiary/aromatic N) is 4. The van der Waals surface area contributed by atoms with Crippen LogP contribution in [-0.2, 0) is 6.54 Å². The molecule has 3 heterocycles. The van der Waals surface area contributed by atoms with Gasteiger partial charge in [0.15, 0.2) is 28.6 Å². The first-order valence-corrected chi connectivity index (χ1v) is 9.20. The molecule has 3 aromatic heterocycles. The number of anilines is 1. The van der Waals surface area contributed by atoms with E-state index in [4.69, 9.17) is 10.2 Å². The van der Waals surface area contributed by atoms with E-state index in [1.54, 1.807) is 6.26 Å². The van der Waals surface area contributed by atoms with Gasteiger partial charge in [0.2, 0.25) is 5.82 Å². The maximum atomic E-state index is 6.16. The third kappa shape index (κ3) is 3.72. The molecule has 26 heavy (non-hydrogen) atoms. The molecule has 1 atom stereocenters. The normalized spacial score (nSPS) is 12.1. The Morgan fingerprint density at radius 1 is 1.27 bits per heavy atom. The van der Waals surface area contributed by atoms with Gasteiger partial charge in [-0.2, -0.15) is 0 Å². The molecule has 1 unspecified atom stereocenters. The molecule has 3 rings (SSSR count). The zero-order valence-corrected chi connectivity index (χ0v) is 15.6. The Labute approximate surface area is 153 Å². The lowest BCUT2D eigenvalue weighted by molar-refractivity contribution is 0.471. The Balaban J connectivity index is 2.11. The van der Waals surface area contributed by atoms with Crippen LogP contribution in [-0.4, -0.2) is 19.5 Å². The largest absolute Gasteiger partial charge is 0.461 e. The van der Waals surface area contributed by atoms with Crippen LogP contribution in [0.3, 0.4) is 0 Å². The van der Waals surface area contributed by atoms with Gasteiger partial charge in [-0.15, -0.1) is 0 Å². The lowest BCUT2D eigenvalue weighted by Crippen LogP contribution is -2.09. The summed E-state index contributed by atoms with van der Waals surface area (Å²) in [5, 5.41) is 0. The fraction of sp³-hybridized carbons (Fsp3) is 0.450. The molecule has 0 saturated carbocycles. The van der Waals surface area contributed by atoms with E-state index in [1.165, 1.54) is 0 Å². The third-order valence-electron chi connectivity index (χ3n) is 4.41. The van der Waals surface area contributed by atoms with Gasteiger partial charge in [0.25, 0.3) is 0 Å². The number of fused-ring (bicyclic) bond motifs is 1. The number of aromatic nitrogens is 4. The average molecular weight is 351 g/mol. The molecular formula is C20H25N5O. The fourth-order valence-electron chi connectivity index (χ4n) is 2.69. The van der Waals surface area contributed by atoms with E-state index in [1.807, 2.05) is 12.1 Å². The predicted molar refractivity (Wildman–Crippen MR) is 103 cm³/mol. The second kappa shape index (κ2) is 8.05. The SMILES string of the molecule is CCCCC#Cc1nc(N)c2nc(-c3ccco3)n(CC(C)CC)c2n1. The minimum atomic E-state index is 0.352. The minimum Gasteiger partial charge on any atom is -0.461 e. The number of unbranched alkanes of at least 4 members (excludes halogenated alkanes) is 2. The van der Waals surface area contributed by atoms with Crippen molar-refractivity contribution < 1.29 is 4.42 Å². The van der Waals surface area contributed by atoms with Gasteiger partial charge < -0.3 is 14.7 Å². The van der Waals surface area contributed by atoms with Crippen LogP contribution < -0.4 is 5.73 Å². The van der Waals surface area contributed by atoms with E-state index in [0.717, 1.165) is 38.1 Å². The molecule has 0 fully saturated rings. The lowest BCUT2D eigenvalue weighted by Gasteiger charge is -2.12. The summed E-state index contributed by atoms with van der Waals surface area (Å²) < 4.78 is 7.63. The predicted octanol–water partition coefficient (Wildman–Crippen LogP) is 4.26. The third-order valence-corrected chi connectivity index (χ3v) is 4.41. The minimum absolute atomic E-state index is 0.352. The van der Waals surface area contributed by atoms with Crippen molar-refractivity contribution in [3.8, 4) is 23.4 Å². The van der Waals surface area contributed by atoms with E-state index in [2.05, 4.69) is 52.1 Å². The maximum Gasteiger partial charge on any atom is 0.208 e. The number of hydrogen-bond acceptors (Lipinski definition) is 5. The molecule has 0 aromatic carbocycles. The molecule has 0 spiro atoms. The van der Waals surface area contributed by atoms with Gasteiger partial charge in [0.05, 0.1) is 6.26 Å². The number of hydrogen-bond donors (Lipinski definition) is 1. The molecule has 0 amide bonds. The Morgan fingerprint density at radius 3 is 2.81 bits per heavy atom. The van der Waals surface area contributed by atoms with Crippen molar-refractivity contribution in [3.63, 3.8) is 0 Å². The Kier molecular flexibility index (Phi) is 5.57. The second-order valence-corrected chi connectivity index (χ2v) is 6.55. The summed E-state index contributed by atoms with van der Waals surface area (Å²) in [6.45, 7) is 7.30. The van der Waals surface area contributed by atoms with Crippen molar-refractivity contribution in [3.05, 3.63) is 24.2 Å². The van der Waals surface area contributed by atoms with Gasteiger partial charge in [-0.25, -0.2) is 15.0 Å². The molecule has 6 nitrogen and oxygen atoms in total. The smallest absolute Gasteiger partial charge is 0.208 e. The van der Waals surface area contributed by atoms with Gasteiger partial charge in [0, 0.05) is 13.0 Å². The summed E-state index contributed by atoms with van der Waals surface area (Å²) in [4.78, 5) is 13.6. The summed E-state index contributed by atoms with van der Waals surface area (Å²) in [7, 11) is 0. The second-order valence-electron chi connectivity index (χ2n) is 6.55. The first-order valence-electron chi connectivity index (χ1n) is 9.20. The highest BCUT2D eigenvalue weighted by Gasteiger charge is 2.20. The first-order chi connectivity index (χ1) is 12.6. The summed E-state index contributed by atoms with van der Waals surface area (Å²) >= 11 is 0. The summed E-state index contributed by atoms with van der Waals surface area (Å²) in [6.07, 6.45) is 5.72. The van der Waals surface area contributed by atoms with Crippen molar-refractivity contribution >= 4 is 17.0 Å². The molecule has 6 heteroatoms. The van der Waals surface area contributed by atoms with E-state index >= 15 is 0 Å². The van der Waals surface area contributed by atoms with E-state index < -0.39 is 0 Å². The summed E-state index contributed by atoms with van der Waals surface area (Å²) in [6, 6.07) is 3.74. The van der Waals surface area contributed by atoms with E-state index in [-0.39, 0.29) is 0 Å². The van der Waals surface area contributed by atoms with E-state index in [9.17, 15) is 0 Å². The molecule has 0 radical (unpaired) electrons. The zero-order chi connectivity index (χ0) is 18.5. The molecule has 2 N–H and O–H groups in total. The monoisotopic (exact) mass is 351 g/mol. The fourth-order valence-corrected chi connectivity index (χ4v) is 2.69. The molecule has 0 aliphatic heterocycles. The molecule has 136 valence electrons. The standard InChI is InChI=1S/C20H25N5O/c1-4-6-7-8-11-16-22-18(21)17-20(23-16)25(13-14(3)5-2)19(24-17)15-10-9-12-26-15/h9-10,12,14H,4-7,13H2,1-3H3,(H2,21,22,23). The van der Waals surface area contributed by atoms with Crippen LogP contribution in [0.2, 0.25) is 0 Å². The zero-order valence-electron chi connectivity index (χ0n) is 15.6. The maximum absolute atomic E-state index is 6.16. The van der Waals surface area contributed by atoms with Gasteiger partial charge in [-0.05, 0) is 30.4 Å². The van der Waals surface area contributed by atoms with Crippen molar-refractivity contribution in [2.75, 3.05) is 5.73 Å². The highest BCUT2D eigenvalue weighted by atomic mass is 16.3. The quantitative estimate of drug-likeness (QED) is 0.530. The molecule has 0 aliphatic carbocycles. The molecular weight excluding hydrogens is 326 g/mol. The van der Waals surface area contributed by atoms with Gasteiger partial charge in [-0.3, -0.25) is 0 Å². The first kappa shape index (κ1) is 18.0. The van der Waals surface area contributed by atoms with Crippen LogP contribution in [0.5, 0.6) is 0 Å². The summed E-state index contributed by atoms with van der Waals surface area (Å²) in [5.41, 5.74) is 7.47. The van der Waals surface area contributed by atoms with E-state index in [0.29, 0.717) is 34.5 Å². The van der Waals surface area contributed by atoms with Crippen molar-refractivity contribution in [1.82, 2.24) is 19.5 Å². The van der Waals surface area contributed by atoms with Crippen LogP contribution in [0, 0.1) is 17.8 Å². The number of rotatable bonds is 6. The number of imidazole rings is 1. The van der Waals surface area contributed by atoms with Crippen LogP contribution >= 0.6 is 0 Å². The lowest BCUT2D eigenvalue weighted by atomic mass is 10.1. The number of nitrogen functional groups attached to an aromatic ring is 1. The van der Waals surface area contributed by atoms with Crippen LogP contribution in [0.25, 0.3) is 22.7 Å². The van der Waals surface area contributed by atoms with Crippen molar-refractivity contribution in [1.29, 1.82) is 0 Å². The average Bonchev–Trinajstić information content (AvgIpc) is 3.27.